The number of carbonyl (C=O) groups is 1. The Kier molecular flexibility index (Phi) is 4.89. The molecule has 1 aromatic heterocycles. The molecule has 0 saturated carbocycles. The van der Waals surface area contributed by atoms with Crippen molar-refractivity contribution in [3.8, 4) is 11.1 Å². The molecule has 30 heavy (non-hydrogen) atoms. The average Bonchev–Trinajstić information content (AvgIpc) is 2.85. The monoisotopic (exact) mass is 409 g/mol. The van der Waals surface area contributed by atoms with Gasteiger partial charge in [-0.1, -0.05) is 24.3 Å². The first-order valence-corrected chi connectivity index (χ1v) is 9.34. The number of nitrogens with zero attached hydrogens (tertiary/aromatic N) is 2. The van der Waals surface area contributed by atoms with Crippen LogP contribution in [0.5, 0.6) is 0 Å². The highest BCUT2D eigenvalue weighted by molar-refractivity contribution is 6.17. The van der Waals surface area contributed by atoms with Crippen LogP contribution in [0, 0.1) is 13.8 Å². The summed E-state index contributed by atoms with van der Waals surface area (Å²) in [5.41, 5.74) is 3.63. The highest BCUT2D eigenvalue weighted by Crippen LogP contribution is 2.39. The molecule has 2 heterocycles. The van der Waals surface area contributed by atoms with E-state index in [0.29, 0.717) is 11.4 Å². The second kappa shape index (κ2) is 7.40. The molecule has 4 nitrogen and oxygen atoms in total. The molecule has 0 atom stereocenters. The molecule has 0 fully saturated rings. The molecular formula is C23H18F3N3O. The Morgan fingerprint density at radius 1 is 1.00 bits per heavy atom. The van der Waals surface area contributed by atoms with Crippen LogP contribution in [-0.4, -0.2) is 16.6 Å². The van der Waals surface area contributed by atoms with Gasteiger partial charge in [0.25, 0.3) is 0 Å². The zero-order valence-corrected chi connectivity index (χ0v) is 16.3. The van der Waals surface area contributed by atoms with Crippen LogP contribution in [0.25, 0.3) is 11.1 Å². The van der Waals surface area contributed by atoms with E-state index < -0.39 is 17.6 Å². The molecule has 2 aromatic carbocycles. The second-order valence-electron chi connectivity index (χ2n) is 7.18. The van der Waals surface area contributed by atoms with Gasteiger partial charge < -0.3 is 5.32 Å². The number of amides is 1. The predicted octanol–water partition coefficient (Wildman–Crippen LogP) is 5.85. The third-order valence-corrected chi connectivity index (χ3v) is 5.02. The SMILES string of the molecule is Cc1cc2c(cc1C(F)(F)F)NC(=O)CC(c1cccc(-c3cccnc3C)c1)=N2. The zero-order valence-electron chi connectivity index (χ0n) is 16.3. The van der Waals surface area contributed by atoms with E-state index in [0.717, 1.165) is 28.5 Å². The maximum atomic E-state index is 13.2. The minimum absolute atomic E-state index is 0.0371. The lowest BCUT2D eigenvalue weighted by Gasteiger charge is -2.13. The number of fused-ring (bicyclic) bond motifs is 1. The Morgan fingerprint density at radius 3 is 2.50 bits per heavy atom. The summed E-state index contributed by atoms with van der Waals surface area (Å²) in [5.74, 6) is -0.410. The Labute approximate surface area is 171 Å². The van der Waals surface area contributed by atoms with E-state index in [2.05, 4.69) is 15.3 Å². The Bertz CT molecular complexity index is 1180. The lowest BCUT2D eigenvalue weighted by atomic mass is 9.99. The van der Waals surface area contributed by atoms with Gasteiger partial charge in [0.1, 0.15) is 0 Å². The molecule has 1 aliphatic heterocycles. The third-order valence-electron chi connectivity index (χ3n) is 5.02. The highest BCUT2D eigenvalue weighted by Gasteiger charge is 2.34. The van der Waals surface area contributed by atoms with Gasteiger partial charge in [0.05, 0.1) is 29.1 Å². The van der Waals surface area contributed by atoms with Crippen molar-refractivity contribution in [3.05, 3.63) is 77.1 Å². The van der Waals surface area contributed by atoms with Gasteiger partial charge in [-0.3, -0.25) is 14.8 Å². The summed E-state index contributed by atoms with van der Waals surface area (Å²) in [6.07, 6.45) is -2.82. The van der Waals surface area contributed by atoms with Crippen molar-refractivity contribution < 1.29 is 18.0 Å². The number of anilines is 1. The largest absolute Gasteiger partial charge is 0.416 e. The topological polar surface area (TPSA) is 54.4 Å². The second-order valence-corrected chi connectivity index (χ2v) is 7.18. The first kappa shape index (κ1) is 19.8. The average molecular weight is 409 g/mol. The number of nitrogens with one attached hydrogen (secondary N) is 1. The number of hydrogen-bond donors (Lipinski definition) is 1. The van der Waals surface area contributed by atoms with E-state index in [-0.39, 0.29) is 17.7 Å². The van der Waals surface area contributed by atoms with E-state index in [4.69, 9.17) is 0 Å². The van der Waals surface area contributed by atoms with Crippen molar-refractivity contribution in [1.82, 2.24) is 4.98 Å². The van der Waals surface area contributed by atoms with Crippen molar-refractivity contribution in [2.45, 2.75) is 26.4 Å². The molecular weight excluding hydrogens is 391 g/mol. The third kappa shape index (κ3) is 3.83. The normalized spacial score (nSPS) is 13.9. The molecule has 0 radical (unpaired) electrons. The van der Waals surface area contributed by atoms with Gasteiger partial charge in [0.2, 0.25) is 5.91 Å². The van der Waals surface area contributed by atoms with Crippen molar-refractivity contribution in [1.29, 1.82) is 0 Å². The summed E-state index contributed by atoms with van der Waals surface area (Å²) in [6.45, 7) is 3.30. The van der Waals surface area contributed by atoms with Gasteiger partial charge in [-0.15, -0.1) is 0 Å². The number of rotatable bonds is 2. The van der Waals surface area contributed by atoms with Crippen molar-refractivity contribution in [2.24, 2.45) is 4.99 Å². The number of alkyl halides is 3. The van der Waals surface area contributed by atoms with Crippen molar-refractivity contribution in [3.63, 3.8) is 0 Å². The number of halogens is 3. The van der Waals surface area contributed by atoms with Crippen LogP contribution < -0.4 is 5.32 Å². The molecule has 0 unspecified atom stereocenters. The predicted molar refractivity (Wildman–Crippen MR) is 110 cm³/mol. The fraction of sp³-hybridized carbons (Fsp3) is 0.174. The Balaban J connectivity index is 1.81. The quantitative estimate of drug-likeness (QED) is 0.577. The maximum Gasteiger partial charge on any atom is 0.416 e. The maximum absolute atomic E-state index is 13.2. The molecule has 0 saturated heterocycles. The van der Waals surface area contributed by atoms with E-state index in [1.165, 1.54) is 13.0 Å². The number of hydrogen-bond acceptors (Lipinski definition) is 3. The summed E-state index contributed by atoms with van der Waals surface area (Å²) in [6, 6.07) is 13.7. The van der Waals surface area contributed by atoms with Crippen LogP contribution in [0.1, 0.15) is 28.8 Å². The standard InChI is InChI=1S/C23H18F3N3O/c1-13-9-20-21(11-18(13)23(24,25)26)29-22(30)12-19(28-20)16-6-3-5-15(10-16)17-7-4-8-27-14(17)2/h3-11H,12H2,1-2H3,(H,29,30). The molecule has 1 amide bonds. The van der Waals surface area contributed by atoms with Gasteiger partial charge in [-0.05, 0) is 54.8 Å². The smallest absolute Gasteiger partial charge is 0.324 e. The van der Waals surface area contributed by atoms with E-state index in [9.17, 15) is 18.0 Å². The van der Waals surface area contributed by atoms with Crippen LogP contribution in [0.15, 0.2) is 59.7 Å². The van der Waals surface area contributed by atoms with E-state index in [1.807, 2.05) is 43.3 Å². The summed E-state index contributed by atoms with van der Waals surface area (Å²) in [4.78, 5) is 21.3. The molecule has 0 spiro atoms. The molecule has 152 valence electrons. The van der Waals surface area contributed by atoms with Gasteiger partial charge >= 0.3 is 6.18 Å². The summed E-state index contributed by atoms with van der Waals surface area (Å²) in [5, 5.41) is 2.55. The van der Waals surface area contributed by atoms with Gasteiger partial charge in [-0.2, -0.15) is 13.2 Å². The summed E-state index contributed by atoms with van der Waals surface area (Å²) >= 11 is 0. The number of aromatic nitrogens is 1. The molecule has 1 aliphatic rings. The molecule has 1 N–H and O–H groups in total. The van der Waals surface area contributed by atoms with Gasteiger partial charge in [0, 0.05) is 17.5 Å². The van der Waals surface area contributed by atoms with E-state index >= 15 is 0 Å². The van der Waals surface area contributed by atoms with Gasteiger partial charge in [-0.25, -0.2) is 0 Å². The Morgan fingerprint density at radius 2 is 1.77 bits per heavy atom. The van der Waals surface area contributed by atoms with Crippen LogP contribution in [0.4, 0.5) is 24.5 Å². The molecule has 3 aromatic rings. The fourth-order valence-electron chi connectivity index (χ4n) is 3.54. The van der Waals surface area contributed by atoms with E-state index in [1.54, 1.807) is 6.20 Å². The lowest BCUT2D eigenvalue weighted by molar-refractivity contribution is -0.138. The first-order chi connectivity index (χ1) is 14.2. The van der Waals surface area contributed by atoms with Gasteiger partial charge in [0.15, 0.2) is 0 Å². The molecule has 4 rings (SSSR count). The summed E-state index contributed by atoms with van der Waals surface area (Å²) < 4.78 is 39.7. The molecule has 0 aliphatic carbocycles. The number of aryl methyl sites for hydroxylation is 2. The molecule has 7 heteroatoms. The van der Waals surface area contributed by atoms with Crippen LogP contribution in [-0.2, 0) is 11.0 Å². The zero-order chi connectivity index (χ0) is 21.5. The van der Waals surface area contributed by atoms with Crippen molar-refractivity contribution in [2.75, 3.05) is 5.32 Å². The van der Waals surface area contributed by atoms with Crippen molar-refractivity contribution >= 4 is 23.0 Å². The number of aliphatic imine (C=N–C) groups is 1. The molecule has 0 bridgehead atoms. The number of pyridine rings is 1. The number of benzene rings is 2. The summed E-state index contributed by atoms with van der Waals surface area (Å²) in [7, 11) is 0. The Hall–Kier alpha value is -3.48. The highest BCUT2D eigenvalue weighted by atomic mass is 19.4. The lowest BCUT2D eigenvalue weighted by Crippen LogP contribution is -2.15. The minimum atomic E-state index is -4.50. The van der Waals surface area contributed by atoms with Crippen LogP contribution in [0.2, 0.25) is 0 Å². The fourth-order valence-corrected chi connectivity index (χ4v) is 3.54. The first-order valence-electron chi connectivity index (χ1n) is 9.34. The van der Waals surface area contributed by atoms with Crippen LogP contribution in [0.3, 0.4) is 0 Å². The minimum Gasteiger partial charge on any atom is -0.324 e. The number of carbonyl (C=O) groups excluding carboxylic acids is 1. The van der Waals surface area contributed by atoms with Crippen LogP contribution >= 0.6 is 0 Å².